The molecule has 0 N–H and O–H groups in total. The lowest BCUT2D eigenvalue weighted by Crippen LogP contribution is -2.48. The quantitative estimate of drug-likeness (QED) is 0.621. The summed E-state index contributed by atoms with van der Waals surface area (Å²) < 4.78 is 69.3. The molecule has 0 bridgehead atoms. The van der Waals surface area contributed by atoms with Crippen LogP contribution in [0, 0.1) is 0 Å². The highest BCUT2D eigenvalue weighted by atomic mass is 79.9. The third-order valence-electron chi connectivity index (χ3n) is 4.18. The van der Waals surface area contributed by atoms with Crippen molar-refractivity contribution in [2.24, 2.45) is 0 Å². The summed E-state index contributed by atoms with van der Waals surface area (Å²) in [6, 6.07) is 10.6. The van der Waals surface area contributed by atoms with Gasteiger partial charge in [0.05, 0.1) is 10.7 Å². The summed E-state index contributed by atoms with van der Waals surface area (Å²) in [5, 5.41) is 0.549. The largest absolute Gasteiger partial charge is 0.573 e. The third kappa shape index (κ3) is 4.73. The van der Waals surface area contributed by atoms with Gasteiger partial charge in [-0.25, -0.2) is 8.42 Å². The van der Waals surface area contributed by atoms with Crippen LogP contribution in [0.15, 0.2) is 51.8 Å². The maximum atomic E-state index is 12.9. The number of ether oxygens (including phenoxy) is 1. The minimum absolute atomic E-state index is 0.106. The first kappa shape index (κ1) is 21.2. The van der Waals surface area contributed by atoms with Crippen molar-refractivity contribution in [1.82, 2.24) is 4.31 Å². The number of benzene rings is 2. The molecule has 0 saturated carbocycles. The van der Waals surface area contributed by atoms with Crippen LogP contribution in [0.25, 0.3) is 0 Å². The number of hydrogen-bond donors (Lipinski definition) is 0. The number of alkyl halides is 3. The fourth-order valence-corrected chi connectivity index (χ4v) is 5.03. The molecule has 0 aromatic heterocycles. The third-order valence-corrected chi connectivity index (χ3v) is 6.93. The zero-order valence-electron chi connectivity index (χ0n) is 14.3. The molecule has 11 heteroatoms. The Labute approximate surface area is 173 Å². The highest BCUT2D eigenvalue weighted by Gasteiger charge is 2.36. The van der Waals surface area contributed by atoms with E-state index in [9.17, 15) is 21.6 Å². The fraction of sp³-hybridized carbons (Fsp3) is 0.294. The number of anilines is 1. The molecule has 1 aliphatic rings. The molecular weight excluding hydrogens is 485 g/mol. The summed E-state index contributed by atoms with van der Waals surface area (Å²) in [7, 11) is -4.17. The topological polar surface area (TPSA) is 49.9 Å². The van der Waals surface area contributed by atoms with Gasteiger partial charge in [-0.3, -0.25) is 0 Å². The van der Waals surface area contributed by atoms with E-state index in [-0.39, 0.29) is 17.6 Å². The van der Waals surface area contributed by atoms with E-state index >= 15 is 0 Å². The smallest absolute Gasteiger partial charge is 0.404 e. The number of halogens is 5. The number of hydrogen-bond acceptors (Lipinski definition) is 4. The van der Waals surface area contributed by atoms with Gasteiger partial charge >= 0.3 is 6.36 Å². The number of piperazine rings is 1. The SMILES string of the molecule is O=S(=O)(c1ccc(Br)cc1OC(F)(F)F)N1CCN(c2ccccc2Cl)CC1. The van der Waals surface area contributed by atoms with Crippen LogP contribution in [0.1, 0.15) is 0 Å². The molecule has 3 rings (SSSR count). The van der Waals surface area contributed by atoms with E-state index in [1.165, 1.54) is 6.07 Å². The second-order valence-electron chi connectivity index (χ2n) is 5.98. The number of para-hydroxylation sites is 1. The van der Waals surface area contributed by atoms with Crippen LogP contribution in [-0.2, 0) is 10.0 Å². The molecule has 1 heterocycles. The van der Waals surface area contributed by atoms with Gasteiger partial charge in [0.25, 0.3) is 0 Å². The molecule has 0 atom stereocenters. The molecule has 1 fully saturated rings. The van der Waals surface area contributed by atoms with Gasteiger partial charge in [0.2, 0.25) is 10.0 Å². The van der Waals surface area contributed by atoms with Gasteiger partial charge in [0.15, 0.2) is 5.75 Å². The molecule has 0 amide bonds. The van der Waals surface area contributed by atoms with Gasteiger partial charge in [-0.15, -0.1) is 13.2 Å². The lowest BCUT2D eigenvalue weighted by Gasteiger charge is -2.36. The Kier molecular flexibility index (Phi) is 6.14. The van der Waals surface area contributed by atoms with E-state index in [1.807, 2.05) is 17.0 Å². The van der Waals surface area contributed by atoms with Crippen molar-refractivity contribution >= 4 is 43.2 Å². The van der Waals surface area contributed by atoms with E-state index in [4.69, 9.17) is 11.6 Å². The molecule has 1 saturated heterocycles. The summed E-state index contributed by atoms with van der Waals surface area (Å²) in [6.07, 6.45) is -5.01. The monoisotopic (exact) mass is 498 g/mol. The van der Waals surface area contributed by atoms with Crippen LogP contribution in [0.4, 0.5) is 18.9 Å². The van der Waals surface area contributed by atoms with Gasteiger partial charge in [-0.2, -0.15) is 4.31 Å². The standard InChI is InChI=1S/C17H15BrClF3N2O3S/c18-12-5-6-16(15(11-12)27-17(20,21)22)28(25,26)24-9-7-23(8-10-24)14-4-2-1-3-13(14)19/h1-6,11H,7-10H2. The van der Waals surface area contributed by atoms with Crippen molar-refractivity contribution in [2.75, 3.05) is 31.1 Å². The second kappa shape index (κ2) is 8.10. The van der Waals surface area contributed by atoms with Crippen molar-refractivity contribution in [1.29, 1.82) is 0 Å². The minimum atomic E-state index is -5.01. The Balaban J connectivity index is 1.82. The Morgan fingerprint density at radius 1 is 1.04 bits per heavy atom. The molecule has 0 spiro atoms. The normalized spacial score (nSPS) is 16.2. The van der Waals surface area contributed by atoms with Crippen LogP contribution in [0.5, 0.6) is 5.75 Å². The predicted molar refractivity (Wildman–Crippen MR) is 103 cm³/mol. The van der Waals surface area contributed by atoms with E-state index < -0.39 is 27.0 Å². The van der Waals surface area contributed by atoms with Gasteiger partial charge in [0, 0.05) is 30.7 Å². The van der Waals surface area contributed by atoms with Gasteiger partial charge in [-0.05, 0) is 30.3 Å². The Bertz CT molecular complexity index is 964. The molecule has 28 heavy (non-hydrogen) atoms. The second-order valence-corrected chi connectivity index (χ2v) is 9.21. The summed E-state index contributed by atoms with van der Waals surface area (Å²) in [5.74, 6) is -0.768. The first-order chi connectivity index (χ1) is 13.1. The molecule has 2 aromatic carbocycles. The summed E-state index contributed by atoms with van der Waals surface area (Å²) >= 11 is 9.21. The first-order valence-corrected chi connectivity index (χ1v) is 10.7. The van der Waals surface area contributed by atoms with E-state index in [1.54, 1.807) is 12.1 Å². The number of nitrogens with zero attached hydrogens (tertiary/aromatic N) is 2. The molecule has 1 aliphatic heterocycles. The van der Waals surface area contributed by atoms with Gasteiger partial charge < -0.3 is 9.64 Å². The van der Waals surface area contributed by atoms with E-state index in [0.29, 0.717) is 18.1 Å². The first-order valence-electron chi connectivity index (χ1n) is 8.13. The predicted octanol–water partition coefficient (Wildman–Crippen LogP) is 4.51. The van der Waals surface area contributed by atoms with Crippen LogP contribution in [0.2, 0.25) is 5.02 Å². The Morgan fingerprint density at radius 3 is 2.29 bits per heavy atom. The lowest BCUT2D eigenvalue weighted by molar-refractivity contribution is -0.275. The van der Waals surface area contributed by atoms with Crippen LogP contribution in [-0.4, -0.2) is 45.3 Å². The molecule has 0 unspecified atom stereocenters. The van der Waals surface area contributed by atoms with E-state index in [0.717, 1.165) is 22.1 Å². The number of rotatable bonds is 4. The highest BCUT2D eigenvalue weighted by molar-refractivity contribution is 9.10. The van der Waals surface area contributed by atoms with Crippen molar-refractivity contribution in [3.63, 3.8) is 0 Å². The molecule has 0 aliphatic carbocycles. The Hall–Kier alpha value is -1.49. The van der Waals surface area contributed by atoms with Crippen LogP contribution < -0.4 is 9.64 Å². The maximum absolute atomic E-state index is 12.9. The van der Waals surface area contributed by atoms with Crippen molar-refractivity contribution in [3.05, 3.63) is 52.0 Å². The minimum Gasteiger partial charge on any atom is -0.404 e. The molecule has 152 valence electrons. The van der Waals surface area contributed by atoms with Gasteiger partial charge in [-0.1, -0.05) is 39.7 Å². The van der Waals surface area contributed by atoms with Crippen LogP contribution >= 0.6 is 27.5 Å². The van der Waals surface area contributed by atoms with Crippen LogP contribution in [0.3, 0.4) is 0 Å². The fourth-order valence-electron chi connectivity index (χ4n) is 2.92. The Morgan fingerprint density at radius 2 is 1.68 bits per heavy atom. The van der Waals surface area contributed by atoms with Crippen molar-refractivity contribution in [3.8, 4) is 5.75 Å². The maximum Gasteiger partial charge on any atom is 0.573 e. The summed E-state index contributed by atoms with van der Waals surface area (Å²) in [6.45, 7) is 0.925. The molecule has 2 aromatic rings. The average molecular weight is 500 g/mol. The van der Waals surface area contributed by atoms with Crippen molar-refractivity contribution < 1.29 is 26.3 Å². The zero-order chi connectivity index (χ0) is 20.5. The molecule has 5 nitrogen and oxygen atoms in total. The van der Waals surface area contributed by atoms with Gasteiger partial charge in [0.1, 0.15) is 4.90 Å². The van der Waals surface area contributed by atoms with E-state index in [2.05, 4.69) is 20.7 Å². The summed E-state index contributed by atoms with van der Waals surface area (Å²) in [4.78, 5) is 1.41. The average Bonchev–Trinajstić information content (AvgIpc) is 2.61. The molecular formula is C17H15BrClF3N2O3S. The lowest BCUT2D eigenvalue weighted by atomic mass is 10.2. The van der Waals surface area contributed by atoms with Crippen molar-refractivity contribution in [2.45, 2.75) is 11.3 Å². The number of sulfonamides is 1. The summed E-state index contributed by atoms with van der Waals surface area (Å²) in [5.41, 5.74) is 0.783. The molecule has 0 radical (unpaired) electrons. The zero-order valence-corrected chi connectivity index (χ0v) is 17.4. The highest BCUT2D eigenvalue weighted by Crippen LogP contribution is 2.34.